The highest BCUT2D eigenvalue weighted by molar-refractivity contribution is 9.10. The summed E-state index contributed by atoms with van der Waals surface area (Å²) in [4.78, 5) is 4.36. The summed E-state index contributed by atoms with van der Waals surface area (Å²) in [5, 5.41) is 4.26. The second-order valence-electron chi connectivity index (χ2n) is 8.33. The summed E-state index contributed by atoms with van der Waals surface area (Å²) < 4.78 is 21.5. The van der Waals surface area contributed by atoms with E-state index in [1.165, 1.54) is 18.2 Å². The molecule has 124 valence electrons. The second kappa shape index (κ2) is 6.80. The lowest BCUT2D eigenvalue weighted by Crippen LogP contribution is -2.57. The molecule has 0 atom stereocenters. The lowest BCUT2D eigenvalue weighted by molar-refractivity contribution is 0.317. The first-order chi connectivity index (χ1) is 11.3. The molecule has 25 heavy (non-hydrogen) atoms. The van der Waals surface area contributed by atoms with Gasteiger partial charge in [0.1, 0.15) is 19.4 Å². The first-order valence-electron chi connectivity index (χ1n) is 8.03. The van der Waals surface area contributed by atoms with Gasteiger partial charge in [-0.2, -0.15) is 4.98 Å². The van der Waals surface area contributed by atoms with E-state index in [4.69, 9.17) is 16.3 Å². The predicted molar refractivity (Wildman–Crippen MR) is 122 cm³/mol. The molecular formula is C11H17B7BrClFN3O. The Morgan fingerprint density at radius 3 is 2.12 bits per heavy atom. The molecule has 14 heteroatoms. The van der Waals surface area contributed by atoms with Gasteiger partial charge in [-0.15, -0.1) is 5.10 Å². The van der Waals surface area contributed by atoms with Crippen molar-refractivity contribution in [2.24, 2.45) is 0 Å². The smallest absolute Gasteiger partial charge is 0.321 e. The van der Waals surface area contributed by atoms with Crippen LogP contribution in [0, 0.1) is 5.82 Å². The number of hydrogen-bond acceptors (Lipinski definition) is 3. The first-order valence-corrected chi connectivity index (χ1v) is 9.20. The standard InChI is InChI=1S/C11H17B7BrClFN3O/c12-9(10(13,14)15,11(16,17)18)24-8(22-7(19)23-24)25-4-1-2-6(21)5(20)3-4/h1-3H,12-18H2. The third kappa shape index (κ3) is 3.87. The molecule has 0 radical (unpaired) electrons. The van der Waals surface area contributed by atoms with Gasteiger partial charge in [-0.3, -0.25) is 0 Å². The topological polar surface area (TPSA) is 39.9 Å². The van der Waals surface area contributed by atoms with Gasteiger partial charge in [0.2, 0.25) is 4.73 Å². The summed E-state index contributed by atoms with van der Waals surface area (Å²) in [6, 6.07) is 4.52. The van der Waals surface area contributed by atoms with Gasteiger partial charge in [0, 0.05) is 11.5 Å². The Morgan fingerprint density at radius 1 is 1.08 bits per heavy atom. The van der Waals surface area contributed by atoms with Crippen molar-refractivity contribution in [2.45, 2.75) is 15.7 Å². The van der Waals surface area contributed by atoms with Crippen molar-refractivity contribution in [1.29, 1.82) is 0 Å². The zero-order valence-electron chi connectivity index (χ0n) is 15.6. The molecule has 0 aliphatic carbocycles. The van der Waals surface area contributed by atoms with E-state index in [0.717, 1.165) is 0 Å². The number of benzene rings is 1. The van der Waals surface area contributed by atoms with Crippen LogP contribution >= 0.6 is 27.5 Å². The maximum absolute atomic E-state index is 13.4. The van der Waals surface area contributed by atoms with Crippen LogP contribution in [0.25, 0.3) is 0 Å². The van der Waals surface area contributed by atoms with Crippen LogP contribution in [0.2, 0.25) is 15.2 Å². The van der Waals surface area contributed by atoms with Gasteiger partial charge in [-0.25, -0.2) is 9.07 Å². The number of hydrogen-bond donors (Lipinski definition) is 0. The molecule has 4 nitrogen and oxygen atoms in total. The van der Waals surface area contributed by atoms with E-state index in [-0.39, 0.29) is 15.2 Å². The predicted octanol–water partition coefficient (Wildman–Crippen LogP) is -3.14. The normalized spacial score (nSPS) is 12.9. The molecule has 0 N–H and O–H groups in total. The summed E-state index contributed by atoms with van der Waals surface area (Å²) >= 11 is 9.19. The summed E-state index contributed by atoms with van der Waals surface area (Å²) in [5.74, 6) is -0.0939. The molecule has 1 aromatic carbocycles. The minimum Gasteiger partial charge on any atom is -0.424 e. The third-order valence-electron chi connectivity index (χ3n) is 5.00. The number of nitrogens with zero attached hydrogens (tertiary/aromatic N) is 3. The van der Waals surface area contributed by atoms with Crippen LogP contribution in [0.5, 0.6) is 11.8 Å². The average molecular weight is 417 g/mol. The molecule has 1 aromatic heterocycles. The van der Waals surface area contributed by atoms with Crippen LogP contribution in [-0.4, -0.2) is 69.7 Å². The molecule has 0 spiro atoms. The zero-order valence-corrected chi connectivity index (χ0v) is 18.0. The lowest BCUT2D eigenvalue weighted by Gasteiger charge is -2.52. The van der Waals surface area contributed by atoms with Crippen molar-refractivity contribution < 1.29 is 9.13 Å². The van der Waals surface area contributed by atoms with E-state index in [1.54, 1.807) is 4.68 Å². The van der Waals surface area contributed by atoms with Gasteiger partial charge in [-0.1, -0.05) is 21.8 Å². The fraction of sp³-hybridized carbons (Fsp3) is 0.273. The van der Waals surface area contributed by atoms with E-state index in [9.17, 15) is 4.39 Å². The molecule has 2 rings (SSSR count). The Kier molecular flexibility index (Phi) is 5.61. The molecule has 0 aliphatic rings. The fourth-order valence-corrected chi connectivity index (χ4v) is 3.52. The minimum atomic E-state index is -0.495. The Labute approximate surface area is 167 Å². The van der Waals surface area contributed by atoms with Gasteiger partial charge in [0.25, 0.3) is 0 Å². The monoisotopic (exact) mass is 417 g/mol. The van der Waals surface area contributed by atoms with Crippen LogP contribution in [0.3, 0.4) is 0 Å². The highest BCUT2D eigenvalue weighted by Crippen LogP contribution is 2.48. The van der Waals surface area contributed by atoms with Gasteiger partial charge in [0.15, 0.2) is 0 Å². The Morgan fingerprint density at radius 2 is 1.64 bits per heavy atom. The molecule has 0 bridgehead atoms. The SMILES string of the molecule is BC(B)(B)C(B)(n1nc(Br)nc1Oc1ccc(F)c(Cl)c1)C(B)(B)B. The maximum Gasteiger partial charge on any atom is 0.321 e. The Bertz CT molecular complexity index is 781. The third-order valence-corrected chi connectivity index (χ3v) is 5.62. The molecule has 0 amide bonds. The van der Waals surface area contributed by atoms with Crippen LogP contribution < -0.4 is 4.74 Å². The maximum atomic E-state index is 13.4. The number of ether oxygens (including phenoxy) is 1. The lowest BCUT2D eigenvalue weighted by atomic mass is 9.18. The van der Waals surface area contributed by atoms with Crippen LogP contribution in [0.15, 0.2) is 22.9 Å². The van der Waals surface area contributed by atoms with Crippen LogP contribution in [-0.2, 0) is 5.44 Å². The van der Waals surface area contributed by atoms with Gasteiger partial charge < -0.3 is 4.74 Å². The Balaban J connectivity index is 2.58. The van der Waals surface area contributed by atoms with E-state index < -0.39 is 11.3 Å². The van der Waals surface area contributed by atoms with Crippen molar-refractivity contribution in [3.8, 4) is 11.8 Å². The van der Waals surface area contributed by atoms with Crippen molar-refractivity contribution in [2.75, 3.05) is 0 Å². The summed E-state index contributed by atoms with van der Waals surface area (Å²) in [5.41, 5.74) is -0.418. The molecule has 0 fully saturated rings. The molecule has 0 aliphatic heterocycles. The second-order valence-corrected chi connectivity index (χ2v) is 9.44. The van der Waals surface area contributed by atoms with Crippen molar-refractivity contribution in [3.63, 3.8) is 0 Å². The molecule has 0 unspecified atom stereocenters. The number of halogens is 3. The largest absolute Gasteiger partial charge is 0.424 e. The van der Waals surface area contributed by atoms with Crippen LogP contribution in [0.1, 0.15) is 0 Å². The fourth-order valence-electron chi connectivity index (χ4n) is 3.04. The molecule has 0 saturated carbocycles. The number of aromatic nitrogens is 3. The molecular weight excluding hydrogens is 400 g/mol. The van der Waals surface area contributed by atoms with Crippen molar-refractivity contribution in [3.05, 3.63) is 33.8 Å². The highest BCUT2D eigenvalue weighted by Gasteiger charge is 2.49. The summed E-state index contributed by atoms with van der Waals surface area (Å²) in [6.45, 7) is 0. The molecule has 2 aromatic rings. The quantitative estimate of drug-likeness (QED) is 0.483. The minimum absolute atomic E-state index is 0.00274. The molecule has 1 heterocycles. The zero-order chi connectivity index (χ0) is 19.2. The average Bonchev–Trinajstić information content (AvgIpc) is 2.80. The first kappa shape index (κ1) is 20.6. The van der Waals surface area contributed by atoms with Gasteiger partial charge in [0.05, 0.1) is 52.1 Å². The Hall–Kier alpha value is -0.685. The van der Waals surface area contributed by atoms with Crippen LogP contribution in [0.4, 0.5) is 4.39 Å². The van der Waals surface area contributed by atoms with E-state index >= 15 is 0 Å². The van der Waals surface area contributed by atoms with E-state index in [2.05, 4.69) is 80.9 Å². The number of rotatable bonds is 5. The van der Waals surface area contributed by atoms with Crippen molar-refractivity contribution >= 4 is 82.5 Å². The molecule has 0 saturated heterocycles. The van der Waals surface area contributed by atoms with E-state index in [0.29, 0.717) is 16.5 Å². The summed E-state index contributed by atoms with van der Waals surface area (Å²) in [7, 11) is 15.1. The highest BCUT2D eigenvalue weighted by atomic mass is 79.9. The van der Waals surface area contributed by atoms with Crippen molar-refractivity contribution in [1.82, 2.24) is 14.8 Å². The summed E-state index contributed by atoms with van der Waals surface area (Å²) in [6.07, 6.45) is 0. The van der Waals surface area contributed by atoms with E-state index in [1.807, 2.05) is 0 Å². The van der Waals surface area contributed by atoms with Gasteiger partial charge >= 0.3 is 6.01 Å². The van der Waals surface area contributed by atoms with Gasteiger partial charge in [-0.05, 0) is 28.1 Å².